The number of nitrogens with zero attached hydrogens (tertiary/aromatic N) is 1. The van der Waals surface area contributed by atoms with Gasteiger partial charge in [-0.25, -0.2) is 0 Å². The highest BCUT2D eigenvalue weighted by atomic mass is 16.5. The number of hydrogen-bond donors (Lipinski definition) is 2. The number of aromatic nitrogens is 1. The molecule has 0 saturated heterocycles. The molecule has 4 nitrogen and oxygen atoms in total. The van der Waals surface area contributed by atoms with Crippen molar-refractivity contribution < 1.29 is 9.84 Å². The molecule has 0 amide bonds. The lowest BCUT2D eigenvalue weighted by molar-refractivity contribution is 0.303. The Hall–Kier alpha value is -2.59. The summed E-state index contributed by atoms with van der Waals surface area (Å²) in [5, 5.41) is 15.9. The molecule has 0 bridgehead atoms. The van der Waals surface area contributed by atoms with E-state index in [1.165, 1.54) is 0 Å². The number of aromatic hydroxyl groups is 1. The van der Waals surface area contributed by atoms with E-state index in [-0.39, 0.29) is 11.7 Å². The maximum Gasteiger partial charge on any atom is 0.127 e. The van der Waals surface area contributed by atoms with Crippen molar-refractivity contribution in [2.45, 2.75) is 26.2 Å². The van der Waals surface area contributed by atoms with Crippen molar-refractivity contribution in [1.82, 2.24) is 10.3 Å². The number of phenolic OH excluding ortho intramolecular Hbond substituents is 1. The molecule has 3 rings (SSSR count). The summed E-state index contributed by atoms with van der Waals surface area (Å²) in [7, 11) is 1.93. The Morgan fingerprint density at radius 3 is 2.62 bits per heavy atom. The molecule has 3 aromatic rings. The van der Waals surface area contributed by atoms with Gasteiger partial charge in [-0.15, -0.1) is 0 Å². The van der Waals surface area contributed by atoms with Crippen LogP contribution in [-0.4, -0.2) is 30.3 Å². The zero-order valence-corrected chi connectivity index (χ0v) is 15.6. The topological polar surface area (TPSA) is 54.4 Å². The van der Waals surface area contributed by atoms with Crippen molar-refractivity contribution in [3.63, 3.8) is 0 Å². The molecule has 26 heavy (non-hydrogen) atoms. The molecule has 0 fully saturated rings. The van der Waals surface area contributed by atoms with Crippen LogP contribution in [0, 0.1) is 0 Å². The standard InChI is InChI=1S/C22H26N2O2/c1-15(2)22-20(25)12-18(13-21(22)26-10-6-9-23-3)19-11-16-7-4-5-8-17(16)14-24-19/h4-5,7-8,11-15,23,25H,6,9-10H2,1-3H3. The van der Waals surface area contributed by atoms with Crippen LogP contribution in [0.2, 0.25) is 0 Å². The van der Waals surface area contributed by atoms with Gasteiger partial charge in [0.25, 0.3) is 0 Å². The molecule has 0 aliphatic heterocycles. The van der Waals surface area contributed by atoms with Crippen LogP contribution < -0.4 is 10.1 Å². The van der Waals surface area contributed by atoms with E-state index in [4.69, 9.17) is 4.74 Å². The van der Waals surface area contributed by atoms with E-state index in [1.54, 1.807) is 6.07 Å². The fourth-order valence-electron chi connectivity index (χ4n) is 3.13. The number of nitrogens with one attached hydrogen (secondary N) is 1. The third-order valence-corrected chi connectivity index (χ3v) is 4.45. The summed E-state index contributed by atoms with van der Waals surface area (Å²) in [6.07, 6.45) is 2.78. The number of ether oxygens (including phenoxy) is 1. The molecule has 0 aliphatic carbocycles. The first-order valence-corrected chi connectivity index (χ1v) is 9.09. The number of benzene rings is 2. The Balaban J connectivity index is 1.99. The molecule has 4 heteroatoms. The number of pyridine rings is 1. The van der Waals surface area contributed by atoms with Crippen LogP contribution in [0.4, 0.5) is 0 Å². The molecule has 0 radical (unpaired) electrons. The van der Waals surface area contributed by atoms with Gasteiger partial charge in [-0.2, -0.15) is 0 Å². The third-order valence-electron chi connectivity index (χ3n) is 4.45. The van der Waals surface area contributed by atoms with Crippen molar-refractivity contribution >= 4 is 10.8 Å². The van der Waals surface area contributed by atoms with Crippen molar-refractivity contribution in [2.75, 3.05) is 20.2 Å². The summed E-state index contributed by atoms with van der Waals surface area (Å²) in [4.78, 5) is 4.57. The molecular weight excluding hydrogens is 324 g/mol. The maximum absolute atomic E-state index is 10.6. The van der Waals surface area contributed by atoms with E-state index < -0.39 is 0 Å². The van der Waals surface area contributed by atoms with Crippen molar-refractivity contribution in [3.8, 4) is 22.8 Å². The van der Waals surface area contributed by atoms with Crippen LogP contribution in [0.25, 0.3) is 22.0 Å². The molecule has 2 N–H and O–H groups in total. The first-order chi connectivity index (χ1) is 12.6. The fraction of sp³-hybridized carbons (Fsp3) is 0.318. The van der Waals surface area contributed by atoms with E-state index in [1.807, 2.05) is 43.6 Å². The van der Waals surface area contributed by atoms with Crippen molar-refractivity contribution in [2.24, 2.45) is 0 Å². The predicted molar refractivity (Wildman–Crippen MR) is 107 cm³/mol. The molecule has 1 aromatic heterocycles. The SMILES string of the molecule is CNCCCOc1cc(-c2cc3ccccc3cn2)cc(O)c1C(C)C. The Morgan fingerprint density at radius 2 is 1.88 bits per heavy atom. The third kappa shape index (κ3) is 3.97. The second-order valence-electron chi connectivity index (χ2n) is 6.78. The van der Waals surface area contributed by atoms with Gasteiger partial charge in [-0.05, 0) is 49.5 Å². The molecular formula is C22H26N2O2. The predicted octanol–water partition coefficient (Wildman–Crippen LogP) is 4.72. The summed E-state index contributed by atoms with van der Waals surface area (Å²) in [6, 6.07) is 14.0. The lowest BCUT2D eigenvalue weighted by Gasteiger charge is -2.17. The van der Waals surface area contributed by atoms with Crippen molar-refractivity contribution in [1.29, 1.82) is 0 Å². The highest BCUT2D eigenvalue weighted by molar-refractivity contribution is 5.85. The molecule has 2 aromatic carbocycles. The van der Waals surface area contributed by atoms with Gasteiger partial charge in [0.1, 0.15) is 11.5 Å². The lowest BCUT2D eigenvalue weighted by Crippen LogP contribution is -2.12. The molecule has 136 valence electrons. The van der Waals surface area contributed by atoms with Gasteiger partial charge in [0.15, 0.2) is 0 Å². The highest BCUT2D eigenvalue weighted by Crippen LogP contribution is 2.39. The van der Waals surface area contributed by atoms with Gasteiger partial charge in [0.05, 0.1) is 12.3 Å². The first-order valence-electron chi connectivity index (χ1n) is 9.09. The van der Waals surface area contributed by atoms with E-state index >= 15 is 0 Å². The summed E-state index contributed by atoms with van der Waals surface area (Å²) in [5.41, 5.74) is 2.54. The Kier molecular flexibility index (Phi) is 5.74. The Bertz CT molecular complexity index is 890. The lowest BCUT2D eigenvalue weighted by atomic mass is 9.97. The van der Waals surface area contributed by atoms with Crippen LogP contribution >= 0.6 is 0 Å². The number of hydrogen-bond acceptors (Lipinski definition) is 4. The monoisotopic (exact) mass is 350 g/mol. The number of rotatable bonds is 7. The maximum atomic E-state index is 10.6. The van der Waals surface area contributed by atoms with Gasteiger partial charge in [-0.3, -0.25) is 4.98 Å². The van der Waals surface area contributed by atoms with Crippen molar-refractivity contribution in [3.05, 3.63) is 54.2 Å². The minimum atomic E-state index is 0.174. The largest absolute Gasteiger partial charge is 0.507 e. The van der Waals surface area contributed by atoms with E-state index in [2.05, 4.69) is 30.2 Å². The zero-order valence-electron chi connectivity index (χ0n) is 15.6. The van der Waals surface area contributed by atoms with Crippen LogP contribution in [-0.2, 0) is 0 Å². The molecule has 0 aliphatic rings. The van der Waals surface area contributed by atoms with Crippen LogP contribution in [0.5, 0.6) is 11.5 Å². The normalized spacial score (nSPS) is 11.2. The quantitative estimate of drug-likeness (QED) is 0.606. The Labute approximate surface area is 154 Å². The van der Waals surface area contributed by atoms with Gasteiger partial charge in [-0.1, -0.05) is 38.1 Å². The van der Waals surface area contributed by atoms with Crippen LogP contribution in [0.1, 0.15) is 31.7 Å². The number of fused-ring (bicyclic) bond motifs is 1. The van der Waals surface area contributed by atoms with Gasteiger partial charge in [0.2, 0.25) is 0 Å². The molecule has 0 unspecified atom stereocenters. The second kappa shape index (κ2) is 8.19. The van der Waals surface area contributed by atoms with Gasteiger partial charge in [0, 0.05) is 22.7 Å². The number of phenols is 1. The second-order valence-corrected chi connectivity index (χ2v) is 6.78. The summed E-state index contributed by atoms with van der Waals surface area (Å²) in [6.45, 7) is 5.62. The van der Waals surface area contributed by atoms with Crippen LogP contribution in [0.15, 0.2) is 48.7 Å². The van der Waals surface area contributed by atoms with Gasteiger partial charge >= 0.3 is 0 Å². The minimum absolute atomic E-state index is 0.174. The minimum Gasteiger partial charge on any atom is -0.507 e. The summed E-state index contributed by atoms with van der Waals surface area (Å²) >= 11 is 0. The highest BCUT2D eigenvalue weighted by Gasteiger charge is 2.16. The van der Waals surface area contributed by atoms with E-state index in [9.17, 15) is 5.11 Å². The Morgan fingerprint density at radius 1 is 1.12 bits per heavy atom. The molecule has 0 saturated carbocycles. The summed E-state index contributed by atoms with van der Waals surface area (Å²) < 4.78 is 6.00. The molecule has 1 heterocycles. The smallest absolute Gasteiger partial charge is 0.127 e. The first kappa shape index (κ1) is 18.2. The van der Waals surface area contributed by atoms with E-state index in [0.717, 1.165) is 46.3 Å². The van der Waals surface area contributed by atoms with E-state index in [0.29, 0.717) is 6.61 Å². The fourth-order valence-corrected chi connectivity index (χ4v) is 3.13. The average Bonchev–Trinajstić information content (AvgIpc) is 2.64. The molecule has 0 atom stereocenters. The van der Waals surface area contributed by atoms with Gasteiger partial charge < -0.3 is 15.2 Å². The average molecular weight is 350 g/mol. The van der Waals surface area contributed by atoms with Crippen LogP contribution in [0.3, 0.4) is 0 Å². The summed E-state index contributed by atoms with van der Waals surface area (Å²) in [5.74, 6) is 1.17. The molecule has 0 spiro atoms. The zero-order chi connectivity index (χ0) is 18.5.